The van der Waals surface area contributed by atoms with E-state index in [2.05, 4.69) is 0 Å². The number of rotatable bonds is 3. The van der Waals surface area contributed by atoms with Crippen LogP contribution in [0.5, 0.6) is 5.75 Å². The monoisotopic (exact) mass is 459 g/mol. The Morgan fingerprint density at radius 3 is 2.41 bits per heavy atom. The van der Waals surface area contributed by atoms with Crippen molar-refractivity contribution in [2.45, 2.75) is 13.5 Å². The summed E-state index contributed by atoms with van der Waals surface area (Å²) >= 11 is 0. The molecule has 4 aromatic rings. The average molecular weight is 459 g/mol. The lowest BCUT2D eigenvalue weighted by molar-refractivity contribution is 0.0587. The van der Waals surface area contributed by atoms with Gasteiger partial charge in [0.25, 0.3) is 0 Å². The topological polar surface area (TPSA) is 95.3 Å². The van der Waals surface area contributed by atoms with Crippen molar-refractivity contribution in [2.24, 2.45) is 0 Å². The SMILES string of the molecule is COC(=O)c1ccc(C(=O)OC)c(N2COc3c(cc4c(oc(=O)c5ccccc54)c3C)C2)c1. The van der Waals surface area contributed by atoms with Gasteiger partial charge in [-0.15, -0.1) is 0 Å². The summed E-state index contributed by atoms with van der Waals surface area (Å²) in [6.45, 7) is 2.37. The summed E-state index contributed by atoms with van der Waals surface area (Å²) in [5.41, 5.74) is 2.77. The Morgan fingerprint density at radius 2 is 1.68 bits per heavy atom. The van der Waals surface area contributed by atoms with Crippen molar-refractivity contribution in [1.29, 1.82) is 0 Å². The van der Waals surface area contributed by atoms with Crippen molar-refractivity contribution in [2.75, 3.05) is 25.9 Å². The Bertz CT molecular complexity index is 1540. The minimum absolute atomic E-state index is 0.117. The van der Waals surface area contributed by atoms with Crippen LogP contribution in [0.25, 0.3) is 21.7 Å². The van der Waals surface area contributed by atoms with Gasteiger partial charge in [-0.2, -0.15) is 0 Å². The summed E-state index contributed by atoms with van der Waals surface area (Å²) < 4.78 is 21.5. The van der Waals surface area contributed by atoms with Crippen LogP contribution in [-0.4, -0.2) is 32.9 Å². The quantitative estimate of drug-likeness (QED) is 0.256. The minimum atomic E-state index is -0.528. The van der Waals surface area contributed by atoms with E-state index in [1.165, 1.54) is 26.4 Å². The molecule has 8 nitrogen and oxygen atoms in total. The molecule has 0 spiro atoms. The van der Waals surface area contributed by atoms with Crippen LogP contribution in [0.4, 0.5) is 5.69 Å². The van der Waals surface area contributed by atoms with Crippen LogP contribution in [0, 0.1) is 6.92 Å². The van der Waals surface area contributed by atoms with Crippen LogP contribution < -0.4 is 15.3 Å². The van der Waals surface area contributed by atoms with Gasteiger partial charge < -0.3 is 23.5 Å². The number of methoxy groups -OCH3 is 2. The lowest BCUT2D eigenvalue weighted by Crippen LogP contribution is -2.33. The molecule has 34 heavy (non-hydrogen) atoms. The maximum Gasteiger partial charge on any atom is 0.344 e. The molecule has 3 aromatic carbocycles. The molecule has 0 saturated heterocycles. The first kappa shape index (κ1) is 21.5. The third kappa shape index (κ3) is 3.35. The zero-order valence-corrected chi connectivity index (χ0v) is 18.8. The van der Waals surface area contributed by atoms with E-state index >= 15 is 0 Å². The van der Waals surface area contributed by atoms with Gasteiger partial charge in [0.2, 0.25) is 0 Å². The average Bonchev–Trinajstić information content (AvgIpc) is 2.88. The molecular formula is C26H21NO7. The van der Waals surface area contributed by atoms with Gasteiger partial charge in [-0.1, -0.05) is 18.2 Å². The molecule has 0 atom stereocenters. The Hall–Kier alpha value is -4.33. The van der Waals surface area contributed by atoms with Crippen molar-refractivity contribution in [1.82, 2.24) is 0 Å². The fourth-order valence-corrected chi connectivity index (χ4v) is 4.41. The highest BCUT2D eigenvalue weighted by Crippen LogP contribution is 2.38. The molecule has 1 aromatic heterocycles. The van der Waals surface area contributed by atoms with E-state index in [0.29, 0.717) is 40.1 Å². The van der Waals surface area contributed by atoms with E-state index in [0.717, 1.165) is 21.9 Å². The number of carbonyl (C=O) groups is 2. The highest BCUT2D eigenvalue weighted by molar-refractivity contribution is 6.06. The molecule has 0 fully saturated rings. The summed E-state index contributed by atoms with van der Waals surface area (Å²) in [6.07, 6.45) is 0. The molecule has 0 N–H and O–H groups in total. The van der Waals surface area contributed by atoms with Crippen molar-refractivity contribution in [3.63, 3.8) is 0 Å². The molecule has 1 aliphatic rings. The Balaban J connectivity index is 1.66. The number of ether oxygens (including phenoxy) is 3. The Morgan fingerprint density at radius 1 is 0.941 bits per heavy atom. The maximum absolute atomic E-state index is 12.5. The van der Waals surface area contributed by atoms with Crippen molar-refractivity contribution >= 4 is 39.4 Å². The van der Waals surface area contributed by atoms with E-state index in [9.17, 15) is 14.4 Å². The molecule has 0 amide bonds. The van der Waals surface area contributed by atoms with Crippen LogP contribution >= 0.6 is 0 Å². The number of benzene rings is 3. The predicted molar refractivity (Wildman–Crippen MR) is 126 cm³/mol. The molecule has 8 heteroatoms. The van der Waals surface area contributed by atoms with Crippen molar-refractivity contribution in [3.8, 4) is 5.75 Å². The zero-order valence-electron chi connectivity index (χ0n) is 18.8. The Kier molecular flexibility index (Phi) is 5.20. The number of hydrogen-bond acceptors (Lipinski definition) is 8. The lowest BCUT2D eigenvalue weighted by Gasteiger charge is -2.33. The number of carbonyl (C=O) groups excluding carboxylic acids is 2. The normalized spacial score (nSPS) is 12.9. The number of esters is 2. The van der Waals surface area contributed by atoms with Gasteiger partial charge in [-0.25, -0.2) is 14.4 Å². The largest absolute Gasteiger partial charge is 0.472 e. The number of hydrogen-bond donors (Lipinski definition) is 0. The first-order valence-electron chi connectivity index (χ1n) is 10.6. The number of anilines is 1. The van der Waals surface area contributed by atoms with Crippen LogP contribution in [0.2, 0.25) is 0 Å². The van der Waals surface area contributed by atoms with Gasteiger partial charge in [0, 0.05) is 23.1 Å². The standard InChI is InChI=1S/C26H21NO7/c1-14-22-16(10-20-17-6-4-5-7-18(17)26(30)34-23(14)20)12-27(13-33-22)21-11-15(24(28)31-2)8-9-19(21)25(29)32-3/h4-11H,12-13H2,1-3H3. The van der Waals surface area contributed by atoms with Gasteiger partial charge >= 0.3 is 17.6 Å². The van der Waals surface area contributed by atoms with Crippen molar-refractivity contribution in [3.05, 3.63) is 81.2 Å². The second-order valence-corrected chi connectivity index (χ2v) is 7.99. The molecule has 172 valence electrons. The first-order valence-corrected chi connectivity index (χ1v) is 10.6. The third-order valence-electron chi connectivity index (χ3n) is 6.06. The summed E-state index contributed by atoms with van der Waals surface area (Å²) in [4.78, 5) is 38.9. The number of fused-ring (bicyclic) bond motifs is 4. The van der Waals surface area contributed by atoms with Crippen LogP contribution in [0.3, 0.4) is 0 Å². The molecule has 0 saturated carbocycles. The van der Waals surface area contributed by atoms with Crippen LogP contribution in [-0.2, 0) is 16.0 Å². The predicted octanol–water partition coefficient (Wildman–Crippen LogP) is 4.18. The molecule has 1 aliphatic heterocycles. The summed E-state index contributed by atoms with van der Waals surface area (Å²) in [6, 6.07) is 13.9. The molecule has 0 aliphatic carbocycles. The van der Waals surface area contributed by atoms with Gasteiger partial charge in [0.1, 0.15) is 11.3 Å². The van der Waals surface area contributed by atoms with Crippen molar-refractivity contribution < 1.29 is 28.2 Å². The molecular weight excluding hydrogens is 438 g/mol. The summed E-state index contributed by atoms with van der Waals surface area (Å²) in [5, 5.41) is 2.09. The first-order chi connectivity index (χ1) is 16.4. The number of aryl methyl sites for hydroxylation is 1. The van der Waals surface area contributed by atoms with Gasteiger partial charge in [0.15, 0.2) is 6.73 Å². The maximum atomic E-state index is 12.5. The van der Waals surface area contributed by atoms with Crippen LogP contribution in [0.1, 0.15) is 31.8 Å². The molecule has 0 bridgehead atoms. The molecule has 0 radical (unpaired) electrons. The smallest absolute Gasteiger partial charge is 0.344 e. The van der Waals surface area contributed by atoms with Crippen LogP contribution in [0.15, 0.2) is 57.7 Å². The molecule has 2 heterocycles. The zero-order chi connectivity index (χ0) is 24.0. The molecule has 5 rings (SSSR count). The van der Waals surface area contributed by atoms with E-state index < -0.39 is 17.6 Å². The Labute approximate surface area is 194 Å². The van der Waals surface area contributed by atoms with E-state index in [1.807, 2.05) is 30.0 Å². The van der Waals surface area contributed by atoms with E-state index in [1.54, 1.807) is 18.2 Å². The fraction of sp³-hybridized carbons (Fsp3) is 0.192. The highest BCUT2D eigenvalue weighted by atomic mass is 16.5. The van der Waals surface area contributed by atoms with E-state index in [-0.39, 0.29) is 6.73 Å². The van der Waals surface area contributed by atoms with E-state index in [4.69, 9.17) is 18.6 Å². The lowest BCUT2D eigenvalue weighted by atomic mass is 9.99. The number of nitrogens with zero attached hydrogens (tertiary/aromatic N) is 1. The van der Waals surface area contributed by atoms with Gasteiger partial charge in [-0.3, -0.25) is 0 Å². The minimum Gasteiger partial charge on any atom is -0.472 e. The second-order valence-electron chi connectivity index (χ2n) is 7.99. The third-order valence-corrected chi connectivity index (χ3v) is 6.06. The second kappa shape index (κ2) is 8.22. The highest BCUT2D eigenvalue weighted by Gasteiger charge is 2.27. The summed E-state index contributed by atoms with van der Waals surface area (Å²) in [7, 11) is 2.60. The van der Waals surface area contributed by atoms with Gasteiger partial charge in [0.05, 0.1) is 36.4 Å². The summed E-state index contributed by atoms with van der Waals surface area (Å²) in [5.74, 6) is -0.412. The van der Waals surface area contributed by atoms with Gasteiger partial charge in [-0.05, 0) is 42.6 Å². The molecule has 0 unspecified atom stereocenters. The fourth-order valence-electron chi connectivity index (χ4n) is 4.41.